The number of hydrogen-bond donors (Lipinski definition) is 2. The molecule has 0 aliphatic carbocycles. The summed E-state index contributed by atoms with van der Waals surface area (Å²) in [6.07, 6.45) is 1.67. The van der Waals surface area contributed by atoms with E-state index in [9.17, 15) is 0 Å². The smallest absolute Gasteiger partial charge is 0.193 e. The molecule has 0 bridgehead atoms. The van der Waals surface area contributed by atoms with Crippen LogP contribution in [-0.2, 0) is 6.54 Å². The summed E-state index contributed by atoms with van der Waals surface area (Å²) in [6, 6.07) is 11.0. The number of pyridine rings is 1. The predicted octanol–water partition coefficient (Wildman–Crippen LogP) is 2.67. The first-order valence-electron chi connectivity index (χ1n) is 5.99. The molecule has 0 atom stereocenters. The Kier molecular flexibility index (Phi) is 4.79. The minimum Gasteiger partial charge on any atom is -0.497 e. The molecule has 3 N–H and O–H groups in total. The largest absolute Gasteiger partial charge is 0.497 e. The van der Waals surface area contributed by atoms with Crippen LogP contribution >= 0.6 is 11.6 Å². The quantitative estimate of drug-likeness (QED) is 0.516. The SMILES string of the molecule is COc1ccc(NC(N)=NCc2ccc(Cl)nc2)cc1. The molecule has 0 saturated carbocycles. The number of benzene rings is 1. The Hall–Kier alpha value is -2.27. The lowest BCUT2D eigenvalue weighted by Crippen LogP contribution is -2.22. The third-order valence-corrected chi connectivity index (χ3v) is 2.81. The highest BCUT2D eigenvalue weighted by Crippen LogP contribution is 2.14. The van der Waals surface area contributed by atoms with Gasteiger partial charge in [-0.05, 0) is 35.9 Å². The highest BCUT2D eigenvalue weighted by atomic mass is 35.5. The maximum Gasteiger partial charge on any atom is 0.193 e. The zero-order chi connectivity index (χ0) is 14.4. The normalized spacial score (nSPS) is 11.2. The Bertz CT molecular complexity index is 581. The van der Waals surface area contributed by atoms with Gasteiger partial charge in [0.15, 0.2) is 5.96 Å². The zero-order valence-corrected chi connectivity index (χ0v) is 11.8. The van der Waals surface area contributed by atoms with E-state index in [0.717, 1.165) is 17.0 Å². The van der Waals surface area contributed by atoms with E-state index in [1.54, 1.807) is 19.4 Å². The van der Waals surface area contributed by atoms with Crippen LogP contribution in [0.2, 0.25) is 5.15 Å². The minimum atomic E-state index is 0.338. The van der Waals surface area contributed by atoms with Crippen molar-refractivity contribution in [2.75, 3.05) is 12.4 Å². The van der Waals surface area contributed by atoms with Gasteiger partial charge in [-0.1, -0.05) is 17.7 Å². The number of ether oxygens (including phenoxy) is 1. The van der Waals surface area contributed by atoms with Gasteiger partial charge in [-0.25, -0.2) is 9.98 Å². The molecule has 0 saturated heterocycles. The van der Waals surface area contributed by atoms with Crippen LogP contribution < -0.4 is 15.8 Å². The Morgan fingerprint density at radius 2 is 2.05 bits per heavy atom. The third-order valence-electron chi connectivity index (χ3n) is 2.58. The number of nitrogens with one attached hydrogen (secondary N) is 1. The summed E-state index contributed by atoms with van der Waals surface area (Å²) in [7, 11) is 1.62. The van der Waals surface area contributed by atoms with Gasteiger partial charge in [0, 0.05) is 11.9 Å². The van der Waals surface area contributed by atoms with Gasteiger partial charge in [-0.3, -0.25) is 0 Å². The summed E-state index contributed by atoms with van der Waals surface area (Å²) in [4.78, 5) is 8.21. The molecule has 1 aromatic carbocycles. The highest BCUT2D eigenvalue weighted by Gasteiger charge is 1.97. The standard InChI is InChI=1S/C14H15ClN4O/c1-20-12-5-3-11(4-6-12)19-14(16)18-9-10-2-7-13(15)17-8-10/h2-8H,9H2,1H3,(H3,16,18,19). The van der Waals surface area contributed by atoms with E-state index in [0.29, 0.717) is 17.7 Å². The maximum absolute atomic E-state index is 5.82. The van der Waals surface area contributed by atoms with Crippen molar-refractivity contribution in [2.24, 2.45) is 10.7 Å². The molecule has 104 valence electrons. The number of hydrogen-bond acceptors (Lipinski definition) is 3. The lowest BCUT2D eigenvalue weighted by molar-refractivity contribution is 0.415. The number of nitrogens with two attached hydrogens (primary N) is 1. The summed E-state index contributed by atoms with van der Waals surface area (Å²) in [5.41, 5.74) is 7.60. The Balaban J connectivity index is 1.94. The van der Waals surface area contributed by atoms with Crippen LogP contribution in [0.3, 0.4) is 0 Å². The van der Waals surface area contributed by atoms with Crippen molar-refractivity contribution < 1.29 is 4.74 Å². The average molecular weight is 291 g/mol. The fourth-order valence-electron chi connectivity index (χ4n) is 1.54. The summed E-state index contributed by atoms with van der Waals surface area (Å²) in [5, 5.41) is 3.46. The fourth-order valence-corrected chi connectivity index (χ4v) is 1.65. The molecule has 2 aromatic rings. The van der Waals surface area contributed by atoms with Crippen molar-refractivity contribution in [3.05, 3.63) is 53.3 Å². The molecule has 2 rings (SSSR count). The van der Waals surface area contributed by atoms with Crippen molar-refractivity contribution in [1.29, 1.82) is 0 Å². The van der Waals surface area contributed by atoms with Crippen molar-refractivity contribution in [2.45, 2.75) is 6.54 Å². The van der Waals surface area contributed by atoms with Crippen LogP contribution in [0.1, 0.15) is 5.56 Å². The Morgan fingerprint density at radius 1 is 1.30 bits per heavy atom. The van der Waals surface area contributed by atoms with E-state index < -0.39 is 0 Å². The molecule has 0 amide bonds. The summed E-state index contributed by atoms with van der Waals surface area (Å²) >= 11 is 5.71. The number of rotatable bonds is 4. The molecule has 0 fully saturated rings. The molecule has 20 heavy (non-hydrogen) atoms. The average Bonchev–Trinajstić information content (AvgIpc) is 2.47. The molecule has 0 aliphatic heterocycles. The van der Waals surface area contributed by atoms with E-state index in [-0.39, 0.29) is 0 Å². The molecule has 0 radical (unpaired) electrons. The number of methoxy groups -OCH3 is 1. The molecule has 0 aliphatic rings. The molecule has 6 heteroatoms. The predicted molar refractivity (Wildman–Crippen MR) is 81.2 cm³/mol. The van der Waals surface area contributed by atoms with Crippen LogP contribution in [0.15, 0.2) is 47.6 Å². The van der Waals surface area contributed by atoms with Crippen LogP contribution in [0, 0.1) is 0 Å². The fraction of sp³-hybridized carbons (Fsp3) is 0.143. The maximum atomic E-state index is 5.82. The first kappa shape index (κ1) is 14.1. The van der Waals surface area contributed by atoms with Crippen molar-refractivity contribution in [3.63, 3.8) is 0 Å². The summed E-state index contributed by atoms with van der Waals surface area (Å²) in [5.74, 6) is 1.13. The van der Waals surface area contributed by atoms with Gasteiger partial charge in [0.25, 0.3) is 0 Å². The van der Waals surface area contributed by atoms with E-state index in [1.807, 2.05) is 30.3 Å². The molecule has 1 aromatic heterocycles. The topological polar surface area (TPSA) is 72.5 Å². The van der Waals surface area contributed by atoms with Gasteiger partial charge in [0.05, 0.1) is 13.7 Å². The van der Waals surface area contributed by atoms with Crippen LogP contribution in [0.5, 0.6) is 5.75 Å². The van der Waals surface area contributed by atoms with Gasteiger partial charge in [-0.2, -0.15) is 0 Å². The number of aliphatic imine (C=N–C) groups is 1. The summed E-state index contributed by atoms with van der Waals surface area (Å²) in [6.45, 7) is 0.444. The second-order valence-corrected chi connectivity index (χ2v) is 4.43. The number of nitrogens with zero attached hydrogens (tertiary/aromatic N) is 2. The number of halogens is 1. The molecular formula is C14H15ClN4O. The third kappa shape index (κ3) is 4.13. The van der Waals surface area contributed by atoms with Gasteiger partial charge in [-0.15, -0.1) is 0 Å². The van der Waals surface area contributed by atoms with E-state index in [1.165, 1.54) is 0 Å². The highest BCUT2D eigenvalue weighted by molar-refractivity contribution is 6.29. The second-order valence-electron chi connectivity index (χ2n) is 4.04. The first-order valence-corrected chi connectivity index (χ1v) is 6.36. The number of guanidine groups is 1. The minimum absolute atomic E-state index is 0.338. The molecular weight excluding hydrogens is 276 g/mol. The van der Waals surface area contributed by atoms with Gasteiger partial charge in [0.1, 0.15) is 10.9 Å². The van der Waals surface area contributed by atoms with E-state index in [4.69, 9.17) is 22.1 Å². The van der Waals surface area contributed by atoms with E-state index >= 15 is 0 Å². The molecule has 0 unspecified atom stereocenters. The van der Waals surface area contributed by atoms with Gasteiger partial charge in [0.2, 0.25) is 0 Å². The second kappa shape index (κ2) is 6.77. The lowest BCUT2D eigenvalue weighted by atomic mass is 10.3. The van der Waals surface area contributed by atoms with Crippen molar-refractivity contribution >= 4 is 23.2 Å². The Morgan fingerprint density at radius 3 is 2.65 bits per heavy atom. The molecule has 5 nitrogen and oxygen atoms in total. The monoisotopic (exact) mass is 290 g/mol. The van der Waals surface area contributed by atoms with Crippen LogP contribution in [-0.4, -0.2) is 18.1 Å². The molecule has 0 spiro atoms. The Labute approximate surface area is 122 Å². The van der Waals surface area contributed by atoms with Crippen molar-refractivity contribution in [1.82, 2.24) is 4.98 Å². The number of anilines is 1. The van der Waals surface area contributed by atoms with E-state index in [2.05, 4.69) is 15.3 Å². The number of aromatic nitrogens is 1. The van der Waals surface area contributed by atoms with Crippen molar-refractivity contribution in [3.8, 4) is 5.75 Å². The van der Waals surface area contributed by atoms with Crippen LogP contribution in [0.4, 0.5) is 5.69 Å². The lowest BCUT2D eigenvalue weighted by Gasteiger charge is -2.06. The molecule has 1 heterocycles. The zero-order valence-electron chi connectivity index (χ0n) is 11.0. The van der Waals surface area contributed by atoms with Gasteiger partial charge >= 0.3 is 0 Å². The van der Waals surface area contributed by atoms with Crippen LogP contribution in [0.25, 0.3) is 0 Å². The first-order chi connectivity index (χ1) is 9.67. The van der Waals surface area contributed by atoms with Gasteiger partial charge < -0.3 is 15.8 Å². The summed E-state index contributed by atoms with van der Waals surface area (Å²) < 4.78 is 5.08.